The first-order chi connectivity index (χ1) is 8.06. The van der Waals surface area contributed by atoms with Crippen molar-refractivity contribution >= 4 is 0 Å². The molecular formula is C12H24F3NO. The Morgan fingerprint density at radius 2 is 1.71 bits per heavy atom. The largest absolute Gasteiger partial charge is 0.389 e. The number of unbranched alkanes of at least 4 members (excludes halogenated alkanes) is 3. The van der Waals surface area contributed by atoms with Crippen LogP contribution in [0, 0.1) is 0 Å². The van der Waals surface area contributed by atoms with Crippen LogP contribution >= 0.6 is 0 Å². The van der Waals surface area contributed by atoms with E-state index in [4.69, 9.17) is 4.74 Å². The zero-order valence-corrected chi connectivity index (χ0v) is 10.6. The van der Waals surface area contributed by atoms with E-state index in [9.17, 15) is 13.2 Å². The summed E-state index contributed by atoms with van der Waals surface area (Å²) in [6, 6.07) is 0. The minimum Gasteiger partial charge on any atom is -0.380 e. The second-order valence-electron chi connectivity index (χ2n) is 4.14. The Hall–Kier alpha value is -0.290. The zero-order valence-electron chi connectivity index (χ0n) is 10.6. The average Bonchev–Trinajstić information content (AvgIpc) is 2.24. The molecule has 0 aliphatic carbocycles. The van der Waals surface area contributed by atoms with Crippen LogP contribution in [0.15, 0.2) is 0 Å². The highest BCUT2D eigenvalue weighted by Crippen LogP contribution is 2.20. The lowest BCUT2D eigenvalue weighted by Gasteiger charge is -2.07. The Bertz CT molecular complexity index is 162. The van der Waals surface area contributed by atoms with E-state index in [1.165, 1.54) is 19.3 Å². The molecule has 0 aliphatic heterocycles. The predicted molar refractivity (Wildman–Crippen MR) is 63.1 cm³/mol. The standard InChI is InChI=1S/C12H24F3NO/c1-2-3-4-5-8-16-9-11-17-10-6-7-12(13,14)15/h16H,2-11H2,1H3. The first-order valence-corrected chi connectivity index (χ1v) is 6.41. The van der Waals surface area contributed by atoms with Crippen LogP contribution < -0.4 is 5.32 Å². The highest BCUT2D eigenvalue weighted by molar-refractivity contribution is 4.51. The van der Waals surface area contributed by atoms with Crippen LogP contribution in [0.4, 0.5) is 13.2 Å². The molecule has 1 N–H and O–H groups in total. The minimum atomic E-state index is -4.05. The third-order valence-electron chi connectivity index (χ3n) is 2.38. The van der Waals surface area contributed by atoms with Crippen LogP contribution in [-0.2, 0) is 4.74 Å². The smallest absolute Gasteiger partial charge is 0.380 e. The quantitative estimate of drug-likeness (QED) is 0.570. The normalized spacial score (nSPS) is 12.0. The molecule has 104 valence electrons. The molecule has 0 fully saturated rings. The Balaban J connectivity index is 2.99. The van der Waals surface area contributed by atoms with Crippen molar-refractivity contribution in [1.29, 1.82) is 0 Å². The molecule has 0 unspecified atom stereocenters. The van der Waals surface area contributed by atoms with Crippen LogP contribution in [0.3, 0.4) is 0 Å². The maximum absolute atomic E-state index is 11.8. The van der Waals surface area contributed by atoms with E-state index < -0.39 is 12.6 Å². The number of nitrogens with one attached hydrogen (secondary N) is 1. The summed E-state index contributed by atoms with van der Waals surface area (Å²) in [5, 5.41) is 3.20. The lowest BCUT2D eigenvalue weighted by molar-refractivity contribution is -0.137. The third-order valence-corrected chi connectivity index (χ3v) is 2.38. The Labute approximate surface area is 102 Å². The van der Waals surface area contributed by atoms with Gasteiger partial charge < -0.3 is 10.1 Å². The van der Waals surface area contributed by atoms with Gasteiger partial charge in [-0.25, -0.2) is 0 Å². The molecular weight excluding hydrogens is 231 g/mol. The molecule has 0 amide bonds. The van der Waals surface area contributed by atoms with E-state index in [1.54, 1.807) is 0 Å². The fourth-order valence-corrected chi connectivity index (χ4v) is 1.42. The maximum Gasteiger partial charge on any atom is 0.389 e. The van der Waals surface area contributed by atoms with Crippen LogP contribution in [-0.4, -0.2) is 32.5 Å². The summed E-state index contributed by atoms with van der Waals surface area (Å²) in [5.41, 5.74) is 0. The van der Waals surface area contributed by atoms with E-state index in [1.807, 2.05) is 0 Å². The van der Waals surface area contributed by atoms with Gasteiger partial charge in [-0.3, -0.25) is 0 Å². The Kier molecular flexibility index (Phi) is 10.7. The Morgan fingerprint density at radius 3 is 2.35 bits per heavy atom. The van der Waals surface area contributed by atoms with Gasteiger partial charge in [-0.05, 0) is 19.4 Å². The van der Waals surface area contributed by atoms with Crippen LogP contribution in [0.25, 0.3) is 0 Å². The van der Waals surface area contributed by atoms with Gasteiger partial charge in [-0.1, -0.05) is 26.2 Å². The fourth-order valence-electron chi connectivity index (χ4n) is 1.42. The summed E-state index contributed by atoms with van der Waals surface area (Å²) >= 11 is 0. The highest BCUT2D eigenvalue weighted by Gasteiger charge is 2.25. The molecule has 0 aromatic carbocycles. The van der Waals surface area contributed by atoms with Crippen LogP contribution in [0.5, 0.6) is 0 Å². The summed E-state index contributed by atoms with van der Waals surface area (Å²) in [6.45, 7) is 4.54. The number of rotatable bonds is 11. The van der Waals surface area contributed by atoms with Gasteiger partial charge in [-0.2, -0.15) is 13.2 Å². The van der Waals surface area contributed by atoms with Gasteiger partial charge in [0.1, 0.15) is 0 Å². The van der Waals surface area contributed by atoms with Gasteiger partial charge in [0.25, 0.3) is 0 Å². The van der Waals surface area contributed by atoms with Crippen molar-refractivity contribution in [2.24, 2.45) is 0 Å². The van der Waals surface area contributed by atoms with Crippen molar-refractivity contribution in [2.45, 2.75) is 51.6 Å². The van der Waals surface area contributed by atoms with Crippen molar-refractivity contribution in [1.82, 2.24) is 5.32 Å². The van der Waals surface area contributed by atoms with E-state index in [0.29, 0.717) is 6.61 Å². The molecule has 0 saturated carbocycles. The van der Waals surface area contributed by atoms with Crippen LogP contribution in [0.1, 0.15) is 45.4 Å². The summed E-state index contributed by atoms with van der Waals surface area (Å²) in [4.78, 5) is 0. The molecule has 0 rings (SSSR count). The maximum atomic E-state index is 11.8. The molecule has 0 spiro atoms. The van der Waals surface area contributed by atoms with Gasteiger partial charge in [0.05, 0.1) is 6.61 Å². The van der Waals surface area contributed by atoms with Crippen molar-refractivity contribution < 1.29 is 17.9 Å². The molecule has 0 saturated heterocycles. The van der Waals surface area contributed by atoms with Gasteiger partial charge >= 0.3 is 6.18 Å². The van der Waals surface area contributed by atoms with Crippen molar-refractivity contribution in [3.05, 3.63) is 0 Å². The molecule has 0 aliphatic rings. The van der Waals surface area contributed by atoms with Crippen molar-refractivity contribution in [2.75, 3.05) is 26.3 Å². The summed E-state index contributed by atoms with van der Waals surface area (Å²) in [7, 11) is 0. The summed E-state index contributed by atoms with van der Waals surface area (Å²) < 4.78 is 40.4. The Morgan fingerprint density at radius 1 is 0.941 bits per heavy atom. The van der Waals surface area contributed by atoms with E-state index >= 15 is 0 Å². The van der Waals surface area contributed by atoms with Crippen molar-refractivity contribution in [3.8, 4) is 0 Å². The topological polar surface area (TPSA) is 21.3 Å². The second-order valence-corrected chi connectivity index (χ2v) is 4.14. The molecule has 0 bridgehead atoms. The minimum absolute atomic E-state index is 0.0556. The molecule has 0 heterocycles. The number of ether oxygens (including phenoxy) is 1. The summed E-state index contributed by atoms with van der Waals surface area (Å²) in [6.07, 6.45) is 0.119. The first-order valence-electron chi connectivity index (χ1n) is 6.41. The molecule has 5 heteroatoms. The summed E-state index contributed by atoms with van der Waals surface area (Å²) in [5.74, 6) is 0. The highest BCUT2D eigenvalue weighted by atomic mass is 19.4. The number of alkyl halides is 3. The first kappa shape index (κ1) is 16.7. The zero-order chi connectivity index (χ0) is 13.0. The van der Waals surface area contributed by atoms with Gasteiger partial charge in [-0.15, -0.1) is 0 Å². The van der Waals surface area contributed by atoms with Gasteiger partial charge in [0.2, 0.25) is 0 Å². The van der Waals surface area contributed by atoms with Crippen LogP contribution in [0.2, 0.25) is 0 Å². The monoisotopic (exact) mass is 255 g/mol. The average molecular weight is 255 g/mol. The van der Waals surface area contributed by atoms with E-state index in [2.05, 4.69) is 12.2 Å². The molecule has 0 radical (unpaired) electrons. The lowest BCUT2D eigenvalue weighted by Crippen LogP contribution is -2.21. The predicted octanol–water partition coefficient (Wildman–Crippen LogP) is 3.52. The third kappa shape index (κ3) is 15.7. The molecule has 0 atom stereocenters. The molecule has 0 aromatic heterocycles. The lowest BCUT2D eigenvalue weighted by atomic mass is 10.2. The van der Waals surface area contributed by atoms with E-state index in [-0.39, 0.29) is 13.0 Å². The SMILES string of the molecule is CCCCCCNCCOCCCC(F)(F)F. The van der Waals surface area contributed by atoms with Gasteiger partial charge in [0, 0.05) is 19.6 Å². The van der Waals surface area contributed by atoms with Crippen molar-refractivity contribution in [3.63, 3.8) is 0 Å². The number of hydrogen-bond donors (Lipinski definition) is 1. The van der Waals surface area contributed by atoms with Gasteiger partial charge in [0.15, 0.2) is 0 Å². The van der Waals surface area contributed by atoms with E-state index in [0.717, 1.165) is 19.5 Å². The number of hydrogen-bond acceptors (Lipinski definition) is 2. The fraction of sp³-hybridized carbons (Fsp3) is 1.00. The molecule has 17 heavy (non-hydrogen) atoms. The molecule has 0 aromatic rings. The second kappa shape index (κ2) is 10.8. The molecule has 2 nitrogen and oxygen atoms in total. The number of halogens is 3.